The van der Waals surface area contributed by atoms with E-state index >= 15 is 0 Å². The minimum absolute atomic E-state index is 0.417. The summed E-state index contributed by atoms with van der Waals surface area (Å²) in [5.41, 5.74) is 4.59. The van der Waals surface area contributed by atoms with E-state index in [1.807, 2.05) is 0 Å². The number of nitrogens with zero attached hydrogens (tertiary/aromatic N) is 1. The predicted octanol–water partition coefficient (Wildman–Crippen LogP) is 2.84. The van der Waals surface area contributed by atoms with Crippen molar-refractivity contribution in [3.8, 4) is 0 Å². The average molecular weight is 433 g/mol. The summed E-state index contributed by atoms with van der Waals surface area (Å²) < 4.78 is 1.71. The van der Waals surface area contributed by atoms with Crippen LogP contribution in [0.3, 0.4) is 0 Å². The summed E-state index contributed by atoms with van der Waals surface area (Å²) in [6.07, 6.45) is 10.7. The Morgan fingerprint density at radius 1 is 1.08 bits per heavy atom. The Morgan fingerprint density at radius 3 is 2.73 bits per heavy atom. The first-order chi connectivity index (χ1) is 12.6. The second-order valence-electron chi connectivity index (χ2n) is 8.00. The maximum atomic E-state index is 2.60. The maximum absolute atomic E-state index is 2.60. The van der Waals surface area contributed by atoms with E-state index in [0.29, 0.717) is 6.04 Å². The van der Waals surface area contributed by atoms with Crippen molar-refractivity contribution in [3.63, 3.8) is 0 Å². The molecule has 0 aromatic heterocycles. The quantitative estimate of drug-likeness (QED) is 0.674. The standard InChI is InChI=1S/C16H12N.C7H11Si.Zr/c1-17-14-9-5-4-8-13(14)16-12-7-3-2-6-11(12)10-15(16)17;1-8(2)7-5-3-4-6-7;/h2-7,9-10,15H,1H3;3-5H,6H2,1-2H3;. The van der Waals surface area contributed by atoms with Gasteiger partial charge in [-0.15, -0.1) is 0 Å². The van der Waals surface area contributed by atoms with E-state index in [1.165, 1.54) is 22.5 Å². The molecule has 3 aliphatic rings. The van der Waals surface area contributed by atoms with Gasteiger partial charge in [-0.25, -0.2) is 0 Å². The molecule has 0 spiro atoms. The van der Waals surface area contributed by atoms with Crippen molar-refractivity contribution in [2.45, 2.75) is 25.6 Å². The van der Waals surface area contributed by atoms with Gasteiger partial charge in [-0.05, 0) is 0 Å². The number of anilines is 1. The zero-order valence-corrected chi connectivity index (χ0v) is 19.0. The van der Waals surface area contributed by atoms with Gasteiger partial charge >= 0.3 is 168 Å². The van der Waals surface area contributed by atoms with Gasteiger partial charge in [0.15, 0.2) is 0 Å². The number of fused-ring (bicyclic) bond motifs is 4. The third-order valence-corrected chi connectivity index (χ3v) is 18.9. The van der Waals surface area contributed by atoms with E-state index in [0.717, 1.165) is 0 Å². The molecule has 0 radical (unpaired) electrons. The Labute approximate surface area is 167 Å². The van der Waals surface area contributed by atoms with E-state index in [4.69, 9.17) is 0 Å². The van der Waals surface area contributed by atoms with Gasteiger partial charge < -0.3 is 0 Å². The molecule has 1 atom stereocenters. The Morgan fingerprint density at radius 2 is 1.92 bits per heavy atom. The third-order valence-electron chi connectivity index (χ3n) is 6.01. The second-order valence-corrected chi connectivity index (χ2v) is 24.5. The SMILES string of the molecule is CN1c2ccc[c]([Zr][Si](C)(C)C3=CC=CC3)c2C2=c3ccccc3=CC21. The van der Waals surface area contributed by atoms with Gasteiger partial charge in [-0.1, -0.05) is 0 Å². The van der Waals surface area contributed by atoms with Crippen LogP contribution in [0.25, 0.3) is 11.6 Å². The molecule has 0 saturated heterocycles. The Balaban J connectivity index is 1.68. The van der Waals surface area contributed by atoms with Crippen LogP contribution in [0.5, 0.6) is 0 Å². The molecule has 1 unspecified atom stereocenters. The molecular formula is C23H23NSiZr. The van der Waals surface area contributed by atoms with Gasteiger partial charge in [0, 0.05) is 0 Å². The van der Waals surface area contributed by atoms with Crippen LogP contribution in [0.1, 0.15) is 12.0 Å². The zero-order valence-electron chi connectivity index (χ0n) is 15.6. The van der Waals surface area contributed by atoms with Gasteiger partial charge in [-0.3, -0.25) is 0 Å². The normalized spacial score (nSPS) is 19.8. The summed E-state index contributed by atoms with van der Waals surface area (Å²) in [7, 11) is 2.26. The first-order valence-electron chi connectivity index (χ1n) is 9.38. The van der Waals surface area contributed by atoms with Crippen LogP contribution >= 0.6 is 0 Å². The summed E-state index contributed by atoms with van der Waals surface area (Å²) in [6, 6.07) is 16.4. The fourth-order valence-electron chi connectivity index (χ4n) is 4.59. The van der Waals surface area contributed by atoms with Crippen molar-refractivity contribution >= 4 is 25.8 Å². The molecule has 1 aliphatic heterocycles. The minimum atomic E-state index is -1.28. The van der Waals surface area contributed by atoms with E-state index in [-0.39, 0.29) is 0 Å². The van der Waals surface area contributed by atoms with E-state index in [9.17, 15) is 0 Å². The van der Waals surface area contributed by atoms with E-state index < -0.39 is 27.6 Å². The van der Waals surface area contributed by atoms with Crippen molar-refractivity contribution in [2.24, 2.45) is 0 Å². The van der Waals surface area contributed by atoms with Crippen molar-refractivity contribution < 1.29 is 22.4 Å². The molecular weight excluding hydrogens is 410 g/mol. The first kappa shape index (κ1) is 16.7. The number of hydrogen-bond donors (Lipinski definition) is 0. The number of likely N-dealkylation sites (N-methyl/N-ethyl adjacent to an activating group) is 1. The van der Waals surface area contributed by atoms with E-state index in [2.05, 4.69) is 91.8 Å². The molecule has 2 aromatic carbocycles. The van der Waals surface area contributed by atoms with Crippen LogP contribution in [0.2, 0.25) is 13.1 Å². The second kappa shape index (κ2) is 6.04. The van der Waals surface area contributed by atoms with Gasteiger partial charge in [0.2, 0.25) is 0 Å². The van der Waals surface area contributed by atoms with Crippen LogP contribution in [-0.2, 0) is 22.4 Å². The topological polar surface area (TPSA) is 3.24 Å². The van der Waals surface area contributed by atoms with Crippen molar-refractivity contribution in [2.75, 3.05) is 11.9 Å². The molecule has 0 amide bonds. The molecule has 5 rings (SSSR count). The molecule has 0 bridgehead atoms. The van der Waals surface area contributed by atoms with Crippen molar-refractivity contribution in [3.05, 3.63) is 81.9 Å². The number of rotatable bonds is 3. The van der Waals surface area contributed by atoms with Crippen LogP contribution in [0.15, 0.2) is 65.9 Å². The molecule has 0 fully saturated rings. The molecule has 1 nitrogen and oxygen atoms in total. The molecule has 128 valence electrons. The fourth-order valence-corrected chi connectivity index (χ4v) is 16.7. The number of hydrogen-bond acceptors (Lipinski definition) is 1. The zero-order chi connectivity index (χ0) is 17.9. The summed E-state index contributed by atoms with van der Waals surface area (Å²) in [5, 5.41) is 3.33. The van der Waals surface area contributed by atoms with Crippen molar-refractivity contribution in [1.82, 2.24) is 0 Å². The van der Waals surface area contributed by atoms with Crippen molar-refractivity contribution in [1.29, 1.82) is 0 Å². The van der Waals surface area contributed by atoms with Gasteiger partial charge in [0.1, 0.15) is 0 Å². The van der Waals surface area contributed by atoms with E-state index in [1.54, 1.807) is 19.6 Å². The van der Waals surface area contributed by atoms with Crippen LogP contribution in [-0.4, -0.2) is 18.3 Å². The summed E-state index contributed by atoms with van der Waals surface area (Å²) in [4.78, 5) is 2.48. The molecule has 2 aromatic rings. The predicted molar refractivity (Wildman–Crippen MR) is 110 cm³/mol. The summed E-state index contributed by atoms with van der Waals surface area (Å²) in [5.74, 6) is 0. The van der Waals surface area contributed by atoms with Gasteiger partial charge in [0.05, 0.1) is 0 Å². The molecule has 1 heterocycles. The molecule has 26 heavy (non-hydrogen) atoms. The molecule has 0 saturated carbocycles. The Kier molecular flexibility index (Phi) is 3.88. The summed E-state index contributed by atoms with van der Waals surface area (Å²) in [6.45, 7) is 5.21. The fraction of sp³-hybridized carbons (Fsp3) is 0.217. The van der Waals surface area contributed by atoms with Crippen LogP contribution < -0.4 is 18.6 Å². The summed E-state index contributed by atoms with van der Waals surface area (Å²) >= 11 is -0.669. The Hall–Kier alpha value is -1.44. The molecule has 3 heteroatoms. The molecule has 2 aliphatic carbocycles. The monoisotopic (exact) mass is 431 g/mol. The third kappa shape index (κ3) is 2.44. The first-order valence-corrected chi connectivity index (χ1v) is 17.3. The average Bonchev–Trinajstić information content (AvgIpc) is 3.33. The number of allylic oxidation sites excluding steroid dienone is 4. The van der Waals surface area contributed by atoms with Gasteiger partial charge in [-0.2, -0.15) is 0 Å². The van der Waals surface area contributed by atoms with Crippen LogP contribution in [0.4, 0.5) is 5.69 Å². The number of benzene rings is 2. The van der Waals surface area contributed by atoms with Gasteiger partial charge in [0.25, 0.3) is 0 Å². The Bertz CT molecular complexity index is 1090. The molecule has 0 N–H and O–H groups in total. The van der Waals surface area contributed by atoms with Crippen LogP contribution in [0, 0.1) is 0 Å².